The molecule has 0 atom stereocenters. The predicted molar refractivity (Wildman–Crippen MR) is 128 cm³/mol. The van der Waals surface area contributed by atoms with Crippen LogP contribution in [0.2, 0.25) is 0 Å². The molecule has 1 saturated heterocycles. The fourth-order valence-electron chi connectivity index (χ4n) is 4.12. The highest BCUT2D eigenvalue weighted by molar-refractivity contribution is 5.88. The zero-order valence-electron chi connectivity index (χ0n) is 18.7. The van der Waals surface area contributed by atoms with Gasteiger partial charge in [-0.1, -0.05) is 30.3 Å². The fourth-order valence-corrected chi connectivity index (χ4v) is 4.12. The first-order chi connectivity index (χ1) is 15.8. The van der Waals surface area contributed by atoms with Crippen LogP contribution < -0.4 is 10.6 Å². The number of fused-ring (bicyclic) bond motifs is 1. The van der Waals surface area contributed by atoms with Crippen LogP contribution in [-0.2, 0) is 13.1 Å². The third-order valence-electron chi connectivity index (χ3n) is 5.91. The quantitative estimate of drug-likeness (QED) is 0.506. The lowest BCUT2D eigenvalue weighted by Gasteiger charge is -2.34. The van der Waals surface area contributed by atoms with Crippen LogP contribution in [0, 0.1) is 11.3 Å². The number of nitrogens with zero attached hydrogens (tertiary/aromatic N) is 5. The molecule has 0 radical (unpaired) electrons. The summed E-state index contributed by atoms with van der Waals surface area (Å²) in [6, 6.07) is 18.4. The van der Waals surface area contributed by atoms with E-state index in [2.05, 4.69) is 44.7 Å². The Bertz CT molecular complexity index is 1070. The van der Waals surface area contributed by atoms with Crippen molar-refractivity contribution in [2.24, 2.45) is 0 Å². The van der Waals surface area contributed by atoms with E-state index in [1.807, 2.05) is 37.4 Å². The summed E-state index contributed by atoms with van der Waals surface area (Å²) < 4.78 is 0. The van der Waals surface area contributed by atoms with E-state index in [1.54, 1.807) is 0 Å². The molecule has 0 bridgehead atoms. The van der Waals surface area contributed by atoms with E-state index in [0.29, 0.717) is 0 Å². The Balaban J connectivity index is 1.38. The van der Waals surface area contributed by atoms with Gasteiger partial charge in [0.25, 0.3) is 0 Å². The number of hydrogen-bond donors (Lipinski definition) is 2. The summed E-state index contributed by atoms with van der Waals surface area (Å²) in [7, 11) is 1.97. The molecule has 2 N–H and O–H groups in total. The van der Waals surface area contributed by atoms with E-state index in [-0.39, 0.29) is 0 Å². The molecule has 166 valence electrons. The van der Waals surface area contributed by atoms with Crippen molar-refractivity contribution in [3.8, 4) is 6.07 Å². The Morgan fingerprint density at radius 2 is 1.62 bits per heavy atom. The van der Waals surface area contributed by atoms with Crippen LogP contribution in [0.3, 0.4) is 0 Å². The van der Waals surface area contributed by atoms with Crippen LogP contribution in [0.15, 0.2) is 48.5 Å². The molecule has 7 nitrogen and oxygen atoms in total. The normalized spacial score (nSPS) is 15.0. The molecule has 0 saturated carbocycles. The Morgan fingerprint density at radius 3 is 2.41 bits per heavy atom. The van der Waals surface area contributed by atoms with E-state index in [1.165, 1.54) is 0 Å². The molecular weight excluding hydrogens is 398 g/mol. The first kappa shape index (κ1) is 22.2. The van der Waals surface area contributed by atoms with E-state index in [9.17, 15) is 5.26 Å². The van der Waals surface area contributed by atoms with Gasteiger partial charge in [0.1, 0.15) is 11.6 Å². The number of piperazine rings is 1. The number of aromatic nitrogens is 2. The molecule has 2 aromatic carbocycles. The van der Waals surface area contributed by atoms with Gasteiger partial charge in [-0.25, -0.2) is 9.97 Å². The molecule has 7 heteroatoms. The monoisotopic (exact) mass is 429 g/mol. The smallest absolute Gasteiger partial charge is 0.145 e. The van der Waals surface area contributed by atoms with Gasteiger partial charge in [-0.05, 0) is 43.8 Å². The van der Waals surface area contributed by atoms with Crippen LogP contribution in [0.25, 0.3) is 10.9 Å². The highest BCUT2D eigenvalue weighted by Crippen LogP contribution is 2.21. The van der Waals surface area contributed by atoms with Gasteiger partial charge < -0.3 is 10.6 Å². The third kappa shape index (κ3) is 5.60. The van der Waals surface area contributed by atoms with E-state index >= 15 is 0 Å². The Morgan fingerprint density at radius 1 is 0.906 bits per heavy atom. The molecule has 2 heterocycles. The van der Waals surface area contributed by atoms with Crippen LogP contribution in [0.1, 0.15) is 23.4 Å². The SMILES string of the molecule is CNCCCNc1nc(CN2CCN(Cc3ccccc3C#N)CC2)nc2ccccc12. The van der Waals surface area contributed by atoms with Crippen LogP contribution in [0.4, 0.5) is 5.82 Å². The molecule has 32 heavy (non-hydrogen) atoms. The minimum atomic E-state index is 0.749. The second kappa shape index (κ2) is 11.0. The fraction of sp³-hybridized carbons (Fsp3) is 0.400. The van der Waals surface area contributed by atoms with Gasteiger partial charge >= 0.3 is 0 Å². The molecule has 0 spiro atoms. The van der Waals surface area contributed by atoms with E-state index in [4.69, 9.17) is 9.97 Å². The number of para-hydroxylation sites is 1. The number of hydrogen-bond acceptors (Lipinski definition) is 7. The van der Waals surface area contributed by atoms with Gasteiger partial charge in [0.15, 0.2) is 0 Å². The Labute approximate surface area is 190 Å². The lowest BCUT2D eigenvalue weighted by molar-refractivity contribution is 0.120. The van der Waals surface area contributed by atoms with Crippen LogP contribution in [0.5, 0.6) is 0 Å². The predicted octanol–water partition coefficient (Wildman–Crippen LogP) is 2.84. The average molecular weight is 430 g/mol. The summed E-state index contributed by atoms with van der Waals surface area (Å²) in [5, 5.41) is 17.1. The summed E-state index contributed by atoms with van der Waals surface area (Å²) in [5.41, 5.74) is 2.87. The largest absolute Gasteiger partial charge is 0.369 e. The maximum Gasteiger partial charge on any atom is 0.145 e. The minimum absolute atomic E-state index is 0.749. The minimum Gasteiger partial charge on any atom is -0.369 e. The van der Waals surface area contributed by atoms with Gasteiger partial charge in [0, 0.05) is 44.7 Å². The second-order valence-corrected chi connectivity index (χ2v) is 8.21. The molecule has 1 fully saturated rings. The molecule has 0 amide bonds. The number of nitriles is 1. The van der Waals surface area contributed by atoms with Crippen molar-refractivity contribution in [1.82, 2.24) is 25.1 Å². The first-order valence-electron chi connectivity index (χ1n) is 11.3. The van der Waals surface area contributed by atoms with Crippen molar-refractivity contribution in [2.45, 2.75) is 19.5 Å². The summed E-state index contributed by atoms with van der Waals surface area (Å²) in [4.78, 5) is 14.5. The van der Waals surface area contributed by atoms with Crippen molar-refractivity contribution >= 4 is 16.7 Å². The molecule has 0 aliphatic carbocycles. The lowest BCUT2D eigenvalue weighted by Crippen LogP contribution is -2.45. The number of rotatable bonds is 9. The number of nitrogens with one attached hydrogen (secondary N) is 2. The topological polar surface area (TPSA) is 80.1 Å². The highest BCUT2D eigenvalue weighted by atomic mass is 15.3. The van der Waals surface area contributed by atoms with Crippen LogP contribution >= 0.6 is 0 Å². The highest BCUT2D eigenvalue weighted by Gasteiger charge is 2.19. The maximum atomic E-state index is 9.33. The molecule has 1 aliphatic rings. The number of anilines is 1. The van der Waals surface area contributed by atoms with Gasteiger partial charge in [0.05, 0.1) is 23.7 Å². The van der Waals surface area contributed by atoms with Crippen molar-refractivity contribution < 1.29 is 0 Å². The summed E-state index contributed by atoms with van der Waals surface area (Å²) in [5.74, 6) is 1.79. The standard InChI is InChI=1S/C25H31N7/c1-27-11-6-12-28-25-22-9-4-5-10-23(22)29-24(30-25)19-32-15-13-31(14-16-32)18-21-8-3-2-7-20(21)17-26/h2-5,7-10,27H,6,11-16,18-19H2,1H3,(H,28,29,30). The second-order valence-electron chi connectivity index (χ2n) is 8.21. The zero-order chi connectivity index (χ0) is 22.2. The van der Waals surface area contributed by atoms with Gasteiger partial charge in [0.2, 0.25) is 0 Å². The lowest BCUT2D eigenvalue weighted by atomic mass is 10.1. The van der Waals surface area contributed by atoms with Crippen molar-refractivity contribution in [2.75, 3.05) is 51.6 Å². The third-order valence-corrected chi connectivity index (χ3v) is 5.91. The van der Waals surface area contributed by atoms with E-state index in [0.717, 1.165) is 92.5 Å². The number of benzene rings is 2. The Kier molecular flexibility index (Phi) is 7.62. The van der Waals surface area contributed by atoms with Gasteiger partial charge in [-0.3, -0.25) is 9.80 Å². The van der Waals surface area contributed by atoms with Gasteiger partial charge in [-0.15, -0.1) is 0 Å². The molecule has 3 aromatic rings. The molecule has 0 unspecified atom stereocenters. The zero-order valence-corrected chi connectivity index (χ0v) is 18.7. The summed E-state index contributed by atoms with van der Waals surface area (Å²) in [6.07, 6.45) is 1.04. The molecule has 1 aliphatic heterocycles. The molecule has 1 aromatic heterocycles. The first-order valence-corrected chi connectivity index (χ1v) is 11.3. The maximum absolute atomic E-state index is 9.33. The van der Waals surface area contributed by atoms with Gasteiger partial charge in [-0.2, -0.15) is 5.26 Å². The summed E-state index contributed by atoms with van der Waals surface area (Å²) >= 11 is 0. The molecule has 4 rings (SSSR count). The van der Waals surface area contributed by atoms with Crippen molar-refractivity contribution in [1.29, 1.82) is 5.26 Å². The van der Waals surface area contributed by atoms with Crippen molar-refractivity contribution in [3.05, 3.63) is 65.5 Å². The summed E-state index contributed by atoms with van der Waals surface area (Å²) in [6.45, 7) is 7.32. The van der Waals surface area contributed by atoms with E-state index < -0.39 is 0 Å². The average Bonchev–Trinajstić information content (AvgIpc) is 2.83. The van der Waals surface area contributed by atoms with Crippen LogP contribution in [-0.4, -0.2) is 66.1 Å². The molecular formula is C25H31N7. The Hall–Kier alpha value is -3.05. The van der Waals surface area contributed by atoms with Crippen molar-refractivity contribution in [3.63, 3.8) is 0 Å².